The molecule has 1 N–H and O–H groups in total. The Hall–Kier alpha value is -2.88. The predicted octanol–water partition coefficient (Wildman–Crippen LogP) is 3.55. The van der Waals surface area contributed by atoms with E-state index in [1.165, 1.54) is 0 Å². The molecule has 0 aliphatic carbocycles. The highest BCUT2D eigenvalue weighted by molar-refractivity contribution is 6.13. The van der Waals surface area contributed by atoms with Gasteiger partial charge in [0.25, 0.3) is 5.91 Å². The number of aryl methyl sites for hydroxylation is 1. The SMILES string of the molecule is Cc1c(C=O)cccc1NC(=O)c1cn(C)c2ccccc12. The number of aromatic nitrogens is 1. The zero-order valence-electron chi connectivity index (χ0n) is 12.5. The lowest BCUT2D eigenvalue weighted by atomic mass is 10.1. The molecule has 0 spiro atoms. The van der Waals surface area contributed by atoms with E-state index in [0.717, 1.165) is 22.8 Å². The van der Waals surface area contributed by atoms with Crippen molar-refractivity contribution in [1.29, 1.82) is 0 Å². The fourth-order valence-electron chi connectivity index (χ4n) is 2.63. The molecule has 0 aliphatic rings. The first kappa shape index (κ1) is 14.1. The van der Waals surface area contributed by atoms with Crippen LogP contribution < -0.4 is 5.32 Å². The maximum absolute atomic E-state index is 12.6. The average Bonchev–Trinajstić information content (AvgIpc) is 2.87. The van der Waals surface area contributed by atoms with E-state index in [9.17, 15) is 9.59 Å². The van der Waals surface area contributed by atoms with Crippen LogP contribution in [0.15, 0.2) is 48.7 Å². The molecule has 4 heteroatoms. The number of aldehydes is 1. The Morgan fingerprint density at radius 3 is 2.68 bits per heavy atom. The van der Waals surface area contributed by atoms with E-state index in [1.807, 2.05) is 49.0 Å². The molecule has 1 amide bonds. The first-order chi connectivity index (χ1) is 10.6. The monoisotopic (exact) mass is 292 g/mol. The van der Waals surface area contributed by atoms with Crippen LogP contribution in [0.25, 0.3) is 10.9 Å². The molecule has 0 radical (unpaired) electrons. The maximum atomic E-state index is 12.6. The van der Waals surface area contributed by atoms with E-state index < -0.39 is 0 Å². The van der Waals surface area contributed by atoms with Crippen LogP contribution in [-0.2, 0) is 7.05 Å². The van der Waals surface area contributed by atoms with Crippen LogP contribution in [0.2, 0.25) is 0 Å². The molecule has 0 saturated heterocycles. The van der Waals surface area contributed by atoms with Gasteiger partial charge < -0.3 is 9.88 Å². The van der Waals surface area contributed by atoms with Crippen LogP contribution in [0.1, 0.15) is 26.3 Å². The van der Waals surface area contributed by atoms with Gasteiger partial charge in [-0.05, 0) is 24.6 Å². The van der Waals surface area contributed by atoms with Crippen molar-refractivity contribution < 1.29 is 9.59 Å². The topological polar surface area (TPSA) is 51.1 Å². The number of rotatable bonds is 3. The first-order valence-corrected chi connectivity index (χ1v) is 7.02. The summed E-state index contributed by atoms with van der Waals surface area (Å²) in [5.41, 5.74) is 3.63. The van der Waals surface area contributed by atoms with E-state index in [-0.39, 0.29) is 5.91 Å². The van der Waals surface area contributed by atoms with Gasteiger partial charge in [-0.15, -0.1) is 0 Å². The lowest BCUT2D eigenvalue weighted by Crippen LogP contribution is -2.13. The van der Waals surface area contributed by atoms with Gasteiger partial charge in [-0.3, -0.25) is 9.59 Å². The number of fused-ring (bicyclic) bond motifs is 1. The van der Waals surface area contributed by atoms with Gasteiger partial charge in [0.2, 0.25) is 0 Å². The van der Waals surface area contributed by atoms with Crippen molar-refractivity contribution in [2.75, 3.05) is 5.32 Å². The van der Waals surface area contributed by atoms with E-state index in [2.05, 4.69) is 5.32 Å². The zero-order chi connectivity index (χ0) is 15.7. The minimum Gasteiger partial charge on any atom is -0.350 e. The summed E-state index contributed by atoms with van der Waals surface area (Å²) in [5, 5.41) is 3.80. The molecule has 0 atom stereocenters. The summed E-state index contributed by atoms with van der Waals surface area (Å²) >= 11 is 0. The smallest absolute Gasteiger partial charge is 0.257 e. The molecule has 1 aromatic heterocycles. The minimum absolute atomic E-state index is 0.178. The summed E-state index contributed by atoms with van der Waals surface area (Å²) in [6.45, 7) is 1.82. The minimum atomic E-state index is -0.178. The molecule has 3 aromatic rings. The fraction of sp³-hybridized carbons (Fsp3) is 0.111. The largest absolute Gasteiger partial charge is 0.350 e. The van der Waals surface area contributed by atoms with Crippen molar-refractivity contribution in [2.45, 2.75) is 6.92 Å². The van der Waals surface area contributed by atoms with Gasteiger partial charge in [0, 0.05) is 35.4 Å². The molecule has 0 bridgehead atoms. The number of nitrogens with one attached hydrogen (secondary N) is 1. The van der Waals surface area contributed by atoms with Gasteiger partial charge in [-0.25, -0.2) is 0 Å². The van der Waals surface area contributed by atoms with Crippen LogP contribution in [0.3, 0.4) is 0 Å². The van der Waals surface area contributed by atoms with Crippen molar-refractivity contribution in [1.82, 2.24) is 4.57 Å². The second-order valence-corrected chi connectivity index (χ2v) is 5.26. The third-order valence-electron chi connectivity index (χ3n) is 3.89. The van der Waals surface area contributed by atoms with Crippen molar-refractivity contribution in [3.63, 3.8) is 0 Å². The highest BCUT2D eigenvalue weighted by Crippen LogP contribution is 2.23. The molecule has 0 aliphatic heterocycles. The molecule has 4 nitrogen and oxygen atoms in total. The standard InChI is InChI=1S/C18H16N2O2/c1-12-13(11-21)6-5-8-16(12)19-18(22)15-10-20(2)17-9-4-3-7-14(15)17/h3-11H,1-2H3,(H,19,22). The van der Waals surface area contributed by atoms with Crippen LogP contribution in [0.4, 0.5) is 5.69 Å². The van der Waals surface area contributed by atoms with Gasteiger partial charge in [0.15, 0.2) is 0 Å². The quantitative estimate of drug-likeness (QED) is 0.750. The van der Waals surface area contributed by atoms with Crippen molar-refractivity contribution >= 4 is 28.8 Å². The summed E-state index contributed by atoms with van der Waals surface area (Å²) in [6, 6.07) is 13.1. The van der Waals surface area contributed by atoms with E-state index >= 15 is 0 Å². The number of hydrogen-bond donors (Lipinski definition) is 1. The number of carbonyl (C=O) groups is 2. The Labute approximate surface area is 128 Å². The summed E-state index contributed by atoms with van der Waals surface area (Å²) in [7, 11) is 1.91. The fourth-order valence-corrected chi connectivity index (χ4v) is 2.63. The number of benzene rings is 2. The highest BCUT2D eigenvalue weighted by atomic mass is 16.1. The van der Waals surface area contributed by atoms with Crippen LogP contribution >= 0.6 is 0 Å². The average molecular weight is 292 g/mol. The highest BCUT2D eigenvalue weighted by Gasteiger charge is 2.15. The van der Waals surface area contributed by atoms with Gasteiger partial charge >= 0.3 is 0 Å². The summed E-state index contributed by atoms with van der Waals surface area (Å²) in [4.78, 5) is 23.6. The molecule has 110 valence electrons. The van der Waals surface area contributed by atoms with Crippen molar-refractivity contribution in [3.05, 3.63) is 65.4 Å². The number of amides is 1. The Morgan fingerprint density at radius 1 is 1.14 bits per heavy atom. The molecule has 0 fully saturated rings. The second kappa shape index (κ2) is 5.48. The predicted molar refractivity (Wildman–Crippen MR) is 87.4 cm³/mol. The molecular formula is C18H16N2O2. The van der Waals surface area contributed by atoms with Crippen molar-refractivity contribution in [3.8, 4) is 0 Å². The summed E-state index contributed by atoms with van der Waals surface area (Å²) in [5.74, 6) is -0.178. The maximum Gasteiger partial charge on any atom is 0.257 e. The Balaban J connectivity index is 1.99. The molecule has 1 heterocycles. The number of para-hydroxylation sites is 1. The second-order valence-electron chi connectivity index (χ2n) is 5.26. The van der Waals surface area contributed by atoms with Gasteiger partial charge in [0.1, 0.15) is 6.29 Å². The first-order valence-electron chi connectivity index (χ1n) is 7.02. The molecule has 0 unspecified atom stereocenters. The summed E-state index contributed by atoms with van der Waals surface area (Å²) in [6.07, 6.45) is 2.61. The van der Waals surface area contributed by atoms with Crippen LogP contribution in [-0.4, -0.2) is 16.8 Å². The molecule has 0 saturated carbocycles. The van der Waals surface area contributed by atoms with Gasteiger partial charge in [-0.1, -0.05) is 30.3 Å². The Morgan fingerprint density at radius 2 is 1.91 bits per heavy atom. The van der Waals surface area contributed by atoms with Crippen molar-refractivity contribution in [2.24, 2.45) is 7.05 Å². The van der Waals surface area contributed by atoms with Crippen LogP contribution in [0, 0.1) is 6.92 Å². The third kappa shape index (κ3) is 2.29. The van der Waals surface area contributed by atoms with Gasteiger partial charge in [-0.2, -0.15) is 0 Å². The number of anilines is 1. The molecule has 2 aromatic carbocycles. The van der Waals surface area contributed by atoms with E-state index in [4.69, 9.17) is 0 Å². The van der Waals surface area contributed by atoms with E-state index in [0.29, 0.717) is 16.8 Å². The lowest BCUT2D eigenvalue weighted by molar-refractivity contribution is 0.102. The number of carbonyl (C=O) groups excluding carboxylic acids is 2. The summed E-state index contributed by atoms with van der Waals surface area (Å²) < 4.78 is 1.93. The number of hydrogen-bond acceptors (Lipinski definition) is 2. The molecule has 3 rings (SSSR count). The lowest BCUT2D eigenvalue weighted by Gasteiger charge is -2.09. The zero-order valence-corrected chi connectivity index (χ0v) is 12.5. The molecule has 22 heavy (non-hydrogen) atoms. The molecular weight excluding hydrogens is 276 g/mol. The third-order valence-corrected chi connectivity index (χ3v) is 3.89. The Bertz CT molecular complexity index is 878. The van der Waals surface area contributed by atoms with Crippen LogP contribution in [0.5, 0.6) is 0 Å². The van der Waals surface area contributed by atoms with Gasteiger partial charge in [0.05, 0.1) is 5.56 Å². The van der Waals surface area contributed by atoms with E-state index in [1.54, 1.807) is 18.2 Å². The number of nitrogens with zero attached hydrogens (tertiary/aromatic N) is 1. The normalized spacial score (nSPS) is 10.6. The Kier molecular flexibility index (Phi) is 3.51.